The van der Waals surface area contributed by atoms with Crippen LogP contribution < -0.4 is 16.8 Å². The van der Waals surface area contributed by atoms with Crippen LogP contribution in [-0.2, 0) is 4.79 Å². The summed E-state index contributed by atoms with van der Waals surface area (Å²) in [5.41, 5.74) is 10.1. The van der Waals surface area contributed by atoms with Crippen molar-refractivity contribution in [3.63, 3.8) is 0 Å². The number of carbonyl (C=O) groups is 1. The van der Waals surface area contributed by atoms with Crippen molar-refractivity contribution < 1.29 is 13.6 Å². The molecule has 82 valence electrons. The van der Waals surface area contributed by atoms with E-state index in [1.807, 2.05) is 0 Å². The molecule has 0 spiro atoms. The lowest BCUT2D eigenvalue weighted by Gasteiger charge is -2.14. The summed E-state index contributed by atoms with van der Waals surface area (Å²) in [5, 5.41) is 2.51. The van der Waals surface area contributed by atoms with Gasteiger partial charge >= 0.3 is 0 Å². The van der Waals surface area contributed by atoms with Crippen molar-refractivity contribution in [1.29, 1.82) is 0 Å². The number of primary amides is 1. The number of nitrogen functional groups attached to an aromatic ring is 1. The average Bonchev–Trinajstić information content (AvgIpc) is 2.13. The zero-order valence-corrected chi connectivity index (χ0v) is 8.05. The Morgan fingerprint density at radius 2 is 2.07 bits per heavy atom. The van der Waals surface area contributed by atoms with Crippen molar-refractivity contribution in [2.75, 3.05) is 11.1 Å². The summed E-state index contributed by atoms with van der Waals surface area (Å²) in [4.78, 5) is 10.7. The van der Waals surface area contributed by atoms with Crippen LogP contribution in [0.3, 0.4) is 0 Å². The van der Waals surface area contributed by atoms with E-state index in [1.165, 1.54) is 6.92 Å². The lowest BCUT2D eigenvalue weighted by atomic mass is 10.2. The number of hydrogen-bond acceptors (Lipinski definition) is 3. The predicted octanol–water partition coefficient (Wildman–Crippen LogP) is 0.833. The maximum Gasteiger partial charge on any atom is 0.239 e. The fraction of sp³-hybridized carbons (Fsp3) is 0.222. The van der Waals surface area contributed by atoms with Crippen molar-refractivity contribution in [3.8, 4) is 0 Å². The first kappa shape index (κ1) is 11.2. The molecule has 1 aromatic rings. The number of anilines is 2. The summed E-state index contributed by atoms with van der Waals surface area (Å²) in [5.74, 6) is -2.30. The van der Waals surface area contributed by atoms with Gasteiger partial charge in [-0.3, -0.25) is 4.79 Å². The molecule has 0 fully saturated rings. The van der Waals surface area contributed by atoms with Crippen molar-refractivity contribution in [1.82, 2.24) is 0 Å². The average molecular weight is 215 g/mol. The minimum atomic E-state index is -0.880. The van der Waals surface area contributed by atoms with Crippen LogP contribution in [0.4, 0.5) is 20.2 Å². The molecule has 0 bridgehead atoms. The van der Waals surface area contributed by atoms with E-state index in [1.54, 1.807) is 0 Å². The van der Waals surface area contributed by atoms with Gasteiger partial charge < -0.3 is 16.8 Å². The Labute approximate surface area is 85.2 Å². The molecule has 6 heteroatoms. The molecule has 1 rings (SSSR count). The normalized spacial score (nSPS) is 12.2. The third-order valence-electron chi connectivity index (χ3n) is 1.89. The highest BCUT2D eigenvalue weighted by Gasteiger charge is 2.13. The van der Waals surface area contributed by atoms with Crippen molar-refractivity contribution in [3.05, 3.63) is 23.8 Å². The number of amides is 1. The van der Waals surface area contributed by atoms with Gasteiger partial charge in [0.1, 0.15) is 11.9 Å². The number of rotatable bonds is 3. The molecule has 1 atom stereocenters. The molecule has 0 aliphatic carbocycles. The van der Waals surface area contributed by atoms with Gasteiger partial charge in [0.2, 0.25) is 5.91 Å². The van der Waals surface area contributed by atoms with E-state index in [4.69, 9.17) is 11.5 Å². The Morgan fingerprint density at radius 3 is 2.60 bits per heavy atom. The van der Waals surface area contributed by atoms with Gasteiger partial charge in [0, 0.05) is 6.07 Å². The number of nitrogens with one attached hydrogen (secondary N) is 1. The molecule has 0 radical (unpaired) electrons. The Bertz CT molecular complexity index is 395. The summed E-state index contributed by atoms with van der Waals surface area (Å²) < 4.78 is 25.8. The second-order valence-electron chi connectivity index (χ2n) is 3.12. The first-order valence-electron chi connectivity index (χ1n) is 4.22. The zero-order chi connectivity index (χ0) is 11.6. The molecule has 0 aliphatic rings. The van der Waals surface area contributed by atoms with E-state index in [9.17, 15) is 13.6 Å². The highest BCUT2D eigenvalue weighted by Crippen LogP contribution is 2.23. The van der Waals surface area contributed by atoms with Gasteiger partial charge in [-0.25, -0.2) is 8.78 Å². The van der Waals surface area contributed by atoms with Crippen molar-refractivity contribution in [2.24, 2.45) is 5.73 Å². The summed E-state index contributed by atoms with van der Waals surface area (Å²) in [6.45, 7) is 1.46. The molecule has 15 heavy (non-hydrogen) atoms. The first-order chi connectivity index (χ1) is 6.91. The van der Waals surface area contributed by atoms with Gasteiger partial charge in [0.15, 0.2) is 5.82 Å². The zero-order valence-electron chi connectivity index (χ0n) is 8.05. The fourth-order valence-electron chi connectivity index (χ4n) is 1.01. The minimum Gasteiger partial charge on any atom is -0.395 e. The fourth-order valence-corrected chi connectivity index (χ4v) is 1.01. The van der Waals surface area contributed by atoms with Crippen molar-refractivity contribution >= 4 is 17.3 Å². The Morgan fingerprint density at radius 1 is 1.47 bits per heavy atom. The number of benzene rings is 1. The van der Waals surface area contributed by atoms with Crippen LogP contribution in [-0.4, -0.2) is 11.9 Å². The van der Waals surface area contributed by atoms with Gasteiger partial charge in [0.25, 0.3) is 0 Å². The van der Waals surface area contributed by atoms with Crippen LogP contribution >= 0.6 is 0 Å². The van der Waals surface area contributed by atoms with E-state index >= 15 is 0 Å². The van der Waals surface area contributed by atoms with E-state index < -0.39 is 23.6 Å². The van der Waals surface area contributed by atoms with Crippen LogP contribution in [0, 0.1) is 11.6 Å². The molecule has 0 aromatic heterocycles. The molecule has 0 heterocycles. The lowest BCUT2D eigenvalue weighted by Crippen LogP contribution is -2.32. The summed E-state index contributed by atoms with van der Waals surface area (Å²) in [7, 11) is 0. The van der Waals surface area contributed by atoms with E-state index in [0.717, 1.165) is 6.07 Å². The van der Waals surface area contributed by atoms with Crippen LogP contribution in [0.1, 0.15) is 6.92 Å². The van der Waals surface area contributed by atoms with Crippen LogP contribution in [0.25, 0.3) is 0 Å². The number of hydrogen-bond donors (Lipinski definition) is 3. The number of nitrogens with two attached hydrogens (primary N) is 2. The van der Waals surface area contributed by atoms with Gasteiger partial charge in [-0.1, -0.05) is 0 Å². The maximum atomic E-state index is 13.0. The molecule has 1 unspecified atom stereocenters. The van der Waals surface area contributed by atoms with Crippen LogP contribution in [0.5, 0.6) is 0 Å². The highest BCUT2D eigenvalue weighted by atomic mass is 19.1. The molecule has 5 N–H and O–H groups in total. The first-order valence-corrected chi connectivity index (χ1v) is 4.22. The van der Waals surface area contributed by atoms with E-state index in [-0.39, 0.29) is 11.4 Å². The summed E-state index contributed by atoms with van der Waals surface area (Å²) in [6, 6.07) is 0.904. The molecular weight excluding hydrogens is 204 g/mol. The third-order valence-corrected chi connectivity index (χ3v) is 1.89. The minimum absolute atomic E-state index is 0.0128. The summed E-state index contributed by atoms with van der Waals surface area (Å²) >= 11 is 0. The van der Waals surface area contributed by atoms with E-state index in [0.29, 0.717) is 6.07 Å². The second-order valence-corrected chi connectivity index (χ2v) is 3.12. The third kappa shape index (κ3) is 2.55. The quantitative estimate of drug-likeness (QED) is 0.653. The standard InChI is InChI=1S/C9H11F2N3O/c1-4(9(13)15)14-7-3-5(10)2-6(11)8(7)12/h2-4,14H,12H2,1H3,(H2,13,15). The van der Waals surface area contributed by atoms with Crippen LogP contribution in [0.15, 0.2) is 12.1 Å². The predicted molar refractivity (Wildman–Crippen MR) is 53.0 cm³/mol. The Balaban J connectivity index is 2.99. The lowest BCUT2D eigenvalue weighted by molar-refractivity contribution is -0.118. The van der Waals surface area contributed by atoms with Gasteiger partial charge in [-0.2, -0.15) is 0 Å². The van der Waals surface area contributed by atoms with Gasteiger partial charge in [-0.05, 0) is 13.0 Å². The molecule has 4 nitrogen and oxygen atoms in total. The van der Waals surface area contributed by atoms with Gasteiger partial charge in [0.05, 0.1) is 11.4 Å². The molecule has 1 aromatic carbocycles. The second kappa shape index (κ2) is 4.12. The van der Waals surface area contributed by atoms with E-state index in [2.05, 4.69) is 5.32 Å². The smallest absolute Gasteiger partial charge is 0.239 e. The Hall–Kier alpha value is -1.85. The SMILES string of the molecule is CC(Nc1cc(F)cc(F)c1N)C(N)=O. The van der Waals surface area contributed by atoms with Gasteiger partial charge in [-0.15, -0.1) is 0 Å². The Kier molecular flexibility index (Phi) is 3.08. The monoisotopic (exact) mass is 215 g/mol. The topological polar surface area (TPSA) is 81.1 Å². The maximum absolute atomic E-state index is 13.0. The molecule has 0 saturated heterocycles. The molecular formula is C9H11F2N3O. The molecule has 0 saturated carbocycles. The molecule has 1 amide bonds. The highest BCUT2D eigenvalue weighted by molar-refractivity contribution is 5.84. The molecule has 0 aliphatic heterocycles. The van der Waals surface area contributed by atoms with Crippen LogP contribution in [0.2, 0.25) is 0 Å². The largest absolute Gasteiger partial charge is 0.395 e. The number of carbonyl (C=O) groups excluding carboxylic acids is 1. The van der Waals surface area contributed by atoms with Crippen molar-refractivity contribution in [2.45, 2.75) is 13.0 Å². The number of halogens is 2. The summed E-state index contributed by atoms with van der Waals surface area (Å²) in [6.07, 6.45) is 0.